The molecule has 1 unspecified atom stereocenters. The maximum Gasteiger partial charge on any atom is 0.257 e. The molecule has 1 aliphatic rings. The smallest absolute Gasteiger partial charge is 0.257 e. The molecule has 0 bridgehead atoms. The number of para-hydroxylation sites is 1. The predicted molar refractivity (Wildman–Crippen MR) is 71.7 cm³/mol. The highest BCUT2D eigenvalue weighted by atomic mass is 16.5. The van der Waals surface area contributed by atoms with Gasteiger partial charge in [0.05, 0.1) is 17.9 Å². The second kappa shape index (κ2) is 5.29. The summed E-state index contributed by atoms with van der Waals surface area (Å²) < 4.78 is 5.50. The maximum atomic E-state index is 12.4. The van der Waals surface area contributed by atoms with Crippen molar-refractivity contribution in [2.75, 3.05) is 25.4 Å². The van der Waals surface area contributed by atoms with Crippen molar-refractivity contribution in [2.24, 2.45) is 5.92 Å². The summed E-state index contributed by atoms with van der Waals surface area (Å²) in [6.07, 6.45) is 1.07. The highest BCUT2D eigenvalue weighted by molar-refractivity contribution is 5.98. The van der Waals surface area contributed by atoms with E-state index < -0.39 is 0 Å². The van der Waals surface area contributed by atoms with Gasteiger partial charge in [0.25, 0.3) is 5.91 Å². The molecule has 1 heterocycles. The van der Waals surface area contributed by atoms with Gasteiger partial charge in [0, 0.05) is 13.1 Å². The number of carbonyl (C=O) groups excluding carboxylic acids is 1. The molecule has 1 fully saturated rings. The molecule has 0 spiro atoms. The van der Waals surface area contributed by atoms with Gasteiger partial charge in [-0.05, 0) is 31.4 Å². The number of benzene rings is 1. The van der Waals surface area contributed by atoms with E-state index in [4.69, 9.17) is 10.5 Å². The Bertz CT molecular complexity index is 445. The number of amides is 1. The van der Waals surface area contributed by atoms with Crippen molar-refractivity contribution in [3.63, 3.8) is 0 Å². The first-order chi connectivity index (χ1) is 8.63. The molecule has 0 saturated carbocycles. The highest BCUT2D eigenvalue weighted by Crippen LogP contribution is 2.29. The van der Waals surface area contributed by atoms with E-state index in [0.717, 1.165) is 19.5 Å². The number of hydrogen-bond donors (Lipinski definition) is 1. The minimum atomic E-state index is 0.0232. The molecule has 4 heteroatoms. The van der Waals surface area contributed by atoms with Gasteiger partial charge in [-0.15, -0.1) is 0 Å². The Morgan fingerprint density at radius 2 is 2.33 bits per heavy atom. The molecule has 1 aromatic rings. The number of nitrogens with zero attached hydrogens (tertiary/aromatic N) is 1. The molecule has 18 heavy (non-hydrogen) atoms. The fourth-order valence-corrected chi connectivity index (χ4v) is 2.32. The summed E-state index contributed by atoms with van der Waals surface area (Å²) in [7, 11) is 0. The Balaban J connectivity index is 2.27. The van der Waals surface area contributed by atoms with Crippen molar-refractivity contribution >= 4 is 11.6 Å². The maximum absolute atomic E-state index is 12.4. The number of hydrogen-bond acceptors (Lipinski definition) is 3. The third-order valence-corrected chi connectivity index (χ3v) is 3.28. The second-order valence-corrected chi connectivity index (χ2v) is 4.80. The van der Waals surface area contributed by atoms with Crippen LogP contribution in [0.5, 0.6) is 5.75 Å². The van der Waals surface area contributed by atoms with Crippen LogP contribution in [-0.4, -0.2) is 30.5 Å². The van der Waals surface area contributed by atoms with Gasteiger partial charge >= 0.3 is 0 Å². The minimum Gasteiger partial charge on any atom is -0.491 e. The molecule has 98 valence electrons. The number of ether oxygens (including phenoxy) is 1. The van der Waals surface area contributed by atoms with E-state index >= 15 is 0 Å². The van der Waals surface area contributed by atoms with Crippen molar-refractivity contribution in [2.45, 2.75) is 20.3 Å². The van der Waals surface area contributed by atoms with Gasteiger partial charge < -0.3 is 15.4 Å². The van der Waals surface area contributed by atoms with E-state index in [0.29, 0.717) is 29.5 Å². The first kappa shape index (κ1) is 12.7. The van der Waals surface area contributed by atoms with Gasteiger partial charge in [-0.3, -0.25) is 4.79 Å². The van der Waals surface area contributed by atoms with E-state index in [1.807, 2.05) is 11.8 Å². The van der Waals surface area contributed by atoms with Gasteiger partial charge in [0.1, 0.15) is 0 Å². The SMILES string of the molecule is CCOc1c(N)cccc1C(=O)N1CCC(C)C1. The molecule has 1 saturated heterocycles. The zero-order chi connectivity index (χ0) is 13.1. The van der Waals surface area contributed by atoms with E-state index in [9.17, 15) is 4.79 Å². The summed E-state index contributed by atoms with van der Waals surface area (Å²) in [6, 6.07) is 5.34. The van der Waals surface area contributed by atoms with Crippen LogP contribution in [0.2, 0.25) is 0 Å². The standard InChI is InChI=1S/C14H20N2O2/c1-3-18-13-11(5-4-6-12(13)15)14(17)16-8-7-10(2)9-16/h4-6,10H,3,7-9,15H2,1-2H3. The Kier molecular flexibility index (Phi) is 3.75. The summed E-state index contributed by atoms with van der Waals surface area (Å²) in [4.78, 5) is 14.3. The van der Waals surface area contributed by atoms with E-state index in [-0.39, 0.29) is 5.91 Å². The van der Waals surface area contributed by atoms with Crippen LogP contribution in [0.3, 0.4) is 0 Å². The van der Waals surface area contributed by atoms with Crippen LogP contribution in [-0.2, 0) is 0 Å². The molecule has 0 radical (unpaired) electrons. The fourth-order valence-electron chi connectivity index (χ4n) is 2.32. The molecule has 0 aliphatic carbocycles. The lowest BCUT2D eigenvalue weighted by atomic mass is 10.1. The van der Waals surface area contributed by atoms with Crippen LogP contribution in [0.25, 0.3) is 0 Å². The number of anilines is 1. The number of rotatable bonds is 3. The molecular formula is C14H20N2O2. The normalized spacial score (nSPS) is 19.0. The summed E-state index contributed by atoms with van der Waals surface area (Å²) in [6.45, 7) is 6.19. The summed E-state index contributed by atoms with van der Waals surface area (Å²) in [5.74, 6) is 1.12. The third kappa shape index (κ3) is 2.42. The van der Waals surface area contributed by atoms with Gasteiger partial charge in [0.2, 0.25) is 0 Å². The van der Waals surface area contributed by atoms with Crippen LogP contribution in [0.1, 0.15) is 30.6 Å². The van der Waals surface area contributed by atoms with Crippen molar-refractivity contribution in [3.8, 4) is 5.75 Å². The lowest BCUT2D eigenvalue weighted by Gasteiger charge is -2.19. The Labute approximate surface area is 108 Å². The second-order valence-electron chi connectivity index (χ2n) is 4.80. The van der Waals surface area contributed by atoms with Crippen LogP contribution < -0.4 is 10.5 Å². The molecule has 1 aliphatic heterocycles. The van der Waals surface area contributed by atoms with Crippen LogP contribution in [0, 0.1) is 5.92 Å². The van der Waals surface area contributed by atoms with Gasteiger partial charge in [-0.1, -0.05) is 13.0 Å². The third-order valence-electron chi connectivity index (χ3n) is 3.28. The number of carbonyl (C=O) groups is 1. The number of likely N-dealkylation sites (tertiary alicyclic amines) is 1. The molecule has 0 aromatic heterocycles. The fraction of sp³-hybridized carbons (Fsp3) is 0.500. The molecule has 2 rings (SSSR count). The zero-order valence-corrected chi connectivity index (χ0v) is 11.0. The quantitative estimate of drug-likeness (QED) is 0.834. The topological polar surface area (TPSA) is 55.6 Å². The van der Waals surface area contributed by atoms with Crippen molar-refractivity contribution in [3.05, 3.63) is 23.8 Å². The van der Waals surface area contributed by atoms with Crippen molar-refractivity contribution in [1.29, 1.82) is 0 Å². The molecule has 4 nitrogen and oxygen atoms in total. The summed E-state index contributed by atoms with van der Waals surface area (Å²) >= 11 is 0. The van der Waals surface area contributed by atoms with E-state index in [2.05, 4.69) is 6.92 Å². The average molecular weight is 248 g/mol. The molecular weight excluding hydrogens is 228 g/mol. The van der Waals surface area contributed by atoms with E-state index in [1.54, 1.807) is 18.2 Å². The number of nitrogens with two attached hydrogens (primary N) is 1. The first-order valence-electron chi connectivity index (χ1n) is 6.44. The van der Waals surface area contributed by atoms with E-state index in [1.165, 1.54) is 0 Å². The van der Waals surface area contributed by atoms with Gasteiger partial charge in [-0.2, -0.15) is 0 Å². The Hall–Kier alpha value is -1.71. The number of nitrogen functional groups attached to an aromatic ring is 1. The Morgan fingerprint density at radius 1 is 1.56 bits per heavy atom. The molecule has 2 N–H and O–H groups in total. The lowest BCUT2D eigenvalue weighted by Crippen LogP contribution is -2.29. The monoisotopic (exact) mass is 248 g/mol. The zero-order valence-electron chi connectivity index (χ0n) is 11.0. The average Bonchev–Trinajstić information content (AvgIpc) is 2.78. The van der Waals surface area contributed by atoms with Gasteiger partial charge in [-0.25, -0.2) is 0 Å². The minimum absolute atomic E-state index is 0.0232. The summed E-state index contributed by atoms with van der Waals surface area (Å²) in [5, 5.41) is 0. The molecule has 1 atom stereocenters. The summed E-state index contributed by atoms with van der Waals surface area (Å²) in [5.41, 5.74) is 6.97. The van der Waals surface area contributed by atoms with Crippen LogP contribution in [0.4, 0.5) is 5.69 Å². The van der Waals surface area contributed by atoms with Crippen molar-refractivity contribution < 1.29 is 9.53 Å². The molecule has 1 aromatic carbocycles. The molecule has 1 amide bonds. The lowest BCUT2D eigenvalue weighted by molar-refractivity contribution is 0.0784. The first-order valence-corrected chi connectivity index (χ1v) is 6.44. The van der Waals surface area contributed by atoms with Crippen LogP contribution in [0.15, 0.2) is 18.2 Å². The van der Waals surface area contributed by atoms with Crippen LogP contribution >= 0.6 is 0 Å². The van der Waals surface area contributed by atoms with Crippen molar-refractivity contribution in [1.82, 2.24) is 4.90 Å². The van der Waals surface area contributed by atoms with Gasteiger partial charge in [0.15, 0.2) is 5.75 Å². The Morgan fingerprint density at radius 3 is 2.94 bits per heavy atom. The highest BCUT2D eigenvalue weighted by Gasteiger charge is 2.26. The predicted octanol–water partition coefficient (Wildman–Crippen LogP) is 2.15. The largest absolute Gasteiger partial charge is 0.491 e.